The second-order valence-corrected chi connectivity index (χ2v) is 3.57. The molecule has 0 aliphatic heterocycles. The summed E-state index contributed by atoms with van der Waals surface area (Å²) in [7, 11) is 1.65. The summed E-state index contributed by atoms with van der Waals surface area (Å²) in [5.41, 5.74) is 1.31. The Kier molecular flexibility index (Phi) is 3.09. The summed E-state index contributed by atoms with van der Waals surface area (Å²) in [5.74, 6) is -0.331. The number of hydrogen-bond acceptors (Lipinski definition) is 1. The average molecular weight is 233 g/mol. The van der Waals surface area contributed by atoms with Crippen molar-refractivity contribution in [3.8, 4) is 0 Å². The first-order valence-electron chi connectivity index (χ1n) is 5.10. The molecule has 5 heteroatoms. The molecule has 4 nitrogen and oxygen atoms in total. The number of aromatic nitrogens is 1. The normalized spacial score (nSPS) is 10.0. The number of urea groups is 1. The molecule has 88 valence electrons. The molecule has 0 saturated heterocycles. The number of amides is 2. The molecule has 0 spiro atoms. The van der Waals surface area contributed by atoms with Gasteiger partial charge in [-0.15, -0.1) is 0 Å². The lowest BCUT2D eigenvalue weighted by molar-refractivity contribution is 0.258. The van der Waals surface area contributed by atoms with Gasteiger partial charge in [0.2, 0.25) is 0 Å². The number of aromatic amines is 1. The zero-order valence-electron chi connectivity index (χ0n) is 9.27. The van der Waals surface area contributed by atoms with Crippen molar-refractivity contribution in [3.05, 3.63) is 48.5 Å². The minimum atomic E-state index is -0.331. The first-order chi connectivity index (χ1) is 8.16. The van der Waals surface area contributed by atoms with Crippen molar-refractivity contribution in [1.82, 2.24) is 4.98 Å². The summed E-state index contributed by atoms with van der Waals surface area (Å²) in [4.78, 5) is 16.1. The fourth-order valence-electron chi connectivity index (χ4n) is 1.38. The Morgan fingerprint density at radius 3 is 2.59 bits per heavy atom. The highest BCUT2D eigenvalue weighted by atomic mass is 19.1. The lowest BCUT2D eigenvalue weighted by Crippen LogP contribution is -2.30. The summed E-state index contributed by atoms with van der Waals surface area (Å²) in [6.45, 7) is 0. The monoisotopic (exact) mass is 233 g/mol. The van der Waals surface area contributed by atoms with Gasteiger partial charge in [-0.05, 0) is 30.3 Å². The van der Waals surface area contributed by atoms with E-state index >= 15 is 0 Å². The zero-order chi connectivity index (χ0) is 12.3. The summed E-state index contributed by atoms with van der Waals surface area (Å²) in [6.07, 6.45) is 3.45. The molecule has 1 aromatic heterocycles. The number of anilines is 2. The van der Waals surface area contributed by atoms with E-state index in [9.17, 15) is 9.18 Å². The van der Waals surface area contributed by atoms with Crippen LogP contribution < -0.4 is 10.2 Å². The molecule has 0 bridgehead atoms. The molecule has 1 aromatic carbocycles. The number of rotatable bonds is 2. The molecule has 0 aliphatic carbocycles. The highest BCUT2D eigenvalue weighted by Crippen LogP contribution is 2.13. The molecule has 0 aliphatic rings. The van der Waals surface area contributed by atoms with Crippen molar-refractivity contribution in [2.75, 3.05) is 17.3 Å². The van der Waals surface area contributed by atoms with E-state index in [0.717, 1.165) is 5.69 Å². The molecule has 17 heavy (non-hydrogen) atoms. The zero-order valence-corrected chi connectivity index (χ0v) is 9.27. The molecule has 2 aromatic rings. The van der Waals surface area contributed by atoms with Gasteiger partial charge in [0.25, 0.3) is 0 Å². The van der Waals surface area contributed by atoms with E-state index < -0.39 is 0 Å². The SMILES string of the molecule is CN(C(=O)Nc1ccc(F)cc1)c1cc[nH]c1. The molecule has 0 saturated carbocycles. The quantitative estimate of drug-likeness (QED) is 0.823. The van der Waals surface area contributed by atoms with Crippen molar-refractivity contribution in [2.24, 2.45) is 0 Å². The predicted octanol–water partition coefficient (Wildman–Crippen LogP) is 2.82. The van der Waals surface area contributed by atoms with E-state index in [4.69, 9.17) is 0 Å². The van der Waals surface area contributed by atoms with E-state index in [-0.39, 0.29) is 11.8 Å². The van der Waals surface area contributed by atoms with Crippen LogP contribution in [0.15, 0.2) is 42.7 Å². The number of nitrogens with zero attached hydrogens (tertiary/aromatic N) is 1. The van der Waals surface area contributed by atoms with Gasteiger partial charge in [0.05, 0.1) is 5.69 Å². The van der Waals surface area contributed by atoms with Crippen LogP contribution in [-0.4, -0.2) is 18.1 Å². The van der Waals surface area contributed by atoms with E-state index in [2.05, 4.69) is 10.3 Å². The molecule has 0 atom stereocenters. The van der Waals surface area contributed by atoms with E-state index in [0.29, 0.717) is 5.69 Å². The summed E-state index contributed by atoms with van der Waals surface area (Å²) >= 11 is 0. The van der Waals surface area contributed by atoms with Crippen molar-refractivity contribution < 1.29 is 9.18 Å². The third-order valence-corrected chi connectivity index (χ3v) is 2.37. The lowest BCUT2D eigenvalue weighted by atomic mass is 10.3. The van der Waals surface area contributed by atoms with Gasteiger partial charge in [0.15, 0.2) is 0 Å². The number of benzene rings is 1. The average Bonchev–Trinajstić information content (AvgIpc) is 2.84. The van der Waals surface area contributed by atoms with Crippen LogP contribution in [0.25, 0.3) is 0 Å². The summed E-state index contributed by atoms with van der Waals surface area (Å²) in [6, 6.07) is 7.12. The molecule has 1 heterocycles. The second kappa shape index (κ2) is 4.69. The molecule has 0 unspecified atom stereocenters. The van der Waals surface area contributed by atoms with Crippen molar-refractivity contribution in [2.45, 2.75) is 0 Å². The Labute approximate surface area is 98.1 Å². The molecule has 2 amide bonds. The van der Waals surface area contributed by atoms with Gasteiger partial charge in [-0.1, -0.05) is 0 Å². The largest absolute Gasteiger partial charge is 0.366 e. The molecular weight excluding hydrogens is 221 g/mol. The second-order valence-electron chi connectivity index (χ2n) is 3.57. The molecular formula is C12H12FN3O. The van der Waals surface area contributed by atoms with Crippen LogP contribution in [0.1, 0.15) is 0 Å². The third-order valence-electron chi connectivity index (χ3n) is 2.37. The maximum atomic E-state index is 12.7. The Bertz CT molecular complexity index is 493. The van der Waals surface area contributed by atoms with Gasteiger partial charge in [-0.2, -0.15) is 0 Å². The highest BCUT2D eigenvalue weighted by molar-refractivity contribution is 6.01. The van der Waals surface area contributed by atoms with Gasteiger partial charge in [-0.3, -0.25) is 4.90 Å². The lowest BCUT2D eigenvalue weighted by Gasteiger charge is -2.16. The van der Waals surface area contributed by atoms with Crippen molar-refractivity contribution >= 4 is 17.4 Å². The maximum Gasteiger partial charge on any atom is 0.326 e. The van der Waals surface area contributed by atoms with Crippen LogP contribution in [0, 0.1) is 5.82 Å². The van der Waals surface area contributed by atoms with Gasteiger partial charge in [0, 0.05) is 25.1 Å². The Balaban J connectivity index is 2.04. The Morgan fingerprint density at radius 1 is 1.29 bits per heavy atom. The molecule has 2 rings (SSSR count). The minimum absolute atomic E-state index is 0.281. The van der Waals surface area contributed by atoms with E-state index in [1.807, 2.05) is 0 Å². The minimum Gasteiger partial charge on any atom is -0.366 e. The summed E-state index contributed by atoms with van der Waals surface area (Å²) < 4.78 is 12.7. The number of halogens is 1. The van der Waals surface area contributed by atoms with Gasteiger partial charge in [-0.25, -0.2) is 9.18 Å². The van der Waals surface area contributed by atoms with Crippen LogP contribution in [0.2, 0.25) is 0 Å². The van der Waals surface area contributed by atoms with Crippen molar-refractivity contribution in [3.63, 3.8) is 0 Å². The van der Waals surface area contributed by atoms with E-state index in [1.54, 1.807) is 25.5 Å². The van der Waals surface area contributed by atoms with E-state index in [1.165, 1.54) is 29.2 Å². The Hall–Kier alpha value is -2.30. The molecule has 0 radical (unpaired) electrons. The number of nitrogens with one attached hydrogen (secondary N) is 2. The number of carbonyl (C=O) groups excluding carboxylic acids is 1. The van der Waals surface area contributed by atoms with Gasteiger partial charge >= 0.3 is 6.03 Å². The predicted molar refractivity (Wildman–Crippen MR) is 64.6 cm³/mol. The smallest absolute Gasteiger partial charge is 0.326 e. The molecule has 2 N–H and O–H groups in total. The number of carbonyl (C=O) groups is 1. The van der Waals surface area contributed by atoms with Crippen LogP contribution in [0.4, 0.5) is 20.6 Å². The highest BCUT2D eigenvalue weighted by Gasteiger charge is 2.10. The van der Waals surface area contributed by atoms with Crippen LogP contribution in [0.5, 0.6) is 0 Å². The first-order valence-corrected chi connectivity index (χ1v) is 5.10. The van der Waals surface area contributed by atoms with Crippen LogP contribution in [-0.2, 0) is 0 Å². The fraction of sp³-hybridized carbons (Fsp3) is 0.0833. The van der Waals surface area contributed by atoms with Gasteiger partial charge < -0.3 is 10.3 Å². The van der Waals surface area contributed by atoms with Gasteiger partial charge in [0.1, 0.15) is 5.82 Å². The number of H-pyrrole nitrogens is 1. The standard InChI is InChI=1S/C12H12FN3O/c1-16(11-6-7-14-8-11)12(17)15-10-4-2-9(13)3-5-10/h2-8,14H,1H3,(H,15,17). The van der Waals surface area contributed by atoms with Crippen LogP contribution in [0.3, 0.4) is 0 Å². The fourth-order valence-corrected chi connectivity index (χ4v) is 1.38. The summed E-state index contributed by atoms with van der Waals surface area (Å²) in [5, 5.41) is 2.66. The maximum absolute atomic E-state index is 12.7. The first kappa shape index (κ1) is 11.2. The third kappa shape index (κ3) is 2.63. The Morgan fingerprint density at radius 2 is 2.00 bits per heavy atom. The van der Waals surface area contributed by atoms with Crippen LogP contribution >= 0.6 is 0 Å². The molecule has 0 fully saturated rings. The number of hydrogen-bond donors (Lipinski definition) is 2. The van der Waals surface area contributed by atoms with Crippen molar-refractivity contribution in [1.29, 1.82) is 0 Å². The topological polar surface area (TPSA) is 48.1 Å².